The van der Waals surface area contributed by atoms with Gasteiger partial charge in [0.2, 0.25) is 5.22 Å². The van der Waals surface area contributed by atoms with E-state index in [0.29, 0.717) is 0 Å². The van der Waals surface area contributed by atoms with Gasteiger partial charge in [0.15, 0.2) is 0 Å². The molecule has 100 valence electrons. The molecule has 0 bridgehead atoms. The van der Waals surface area contributed by atoms with Crippen molar-refractivity contribution in [3.8, 4) is 11.3 Å². The smallest absolute Gasteiger partial charge is 0.469 e. The molecule has 0 spiro atoms. The maximum atomic E-state index is 12.4. The monoisotopic (exact) mass is 291 g/mol. The summed E-state index contributed by atoms with van der Waals surface area (Å²) in [6.45, 7) is 0. The van der Waals surface area contributed by atoms with Crippen LogP contribution in [0.3, 0.4) is 0 Å². The molecular formula is C11H5ClF3NO3. The number of aromatic nitrogens is 1. The zero-order valence-corrected chi connectivity index (χ0v) is 9.79. The molecule has 1 heterocycles. The van der Waals surface area contributed by atoms with Crippen molar-refractivity contribution in [2.45, 2.75) is 6.18 Å². The van der Waals surface area contributed by atoms with Gasteiger partial charge in [0.05, 0.1) is 5.56 Å². The Bertz CT molecular complexity index is 619. The third-order valence-electron chi connectivity index (χ3n) is 2.23. The van der Waals surface area contributed by atoms with Gasteiger partial charge in [-0.25, -0.2) is 9.78 Å². The van der Waals surface area contributed by atoms with E-state index in [1.165, 1.54) is 24.3 Å². The van der Waals surface area contributed by atoms with Gasteiger partial charge in [0.25, 0.3) is 0 Å². The number of hydrogen-bond acceptors (Lipinski definition) is 3. The molecule has 4 nitrogen and oxygen atoms in total. The predicted octanol–water partition coefficient (Wildman–Crippen LogP) is 3.71. The maximum Gasteiger partial charge on any atom is 0.469 e. The van der Waals surface area contributed by atoms with Crippen molar-refractivity contribution in [1.29, 1.82) is 0 Å². The van der Waals surface area contributed by atoms with Crippen LogP contribution in [0.2, 0.25) is 5.22 Å². The molecule has 0 radical (unpaired) electrons. The van der Waals surface area contributed by atoms with Crippen LogP contribution in [0.15, 0.2) is 28.7 Å². The number of alkyl halides is 3. The molecule has 0 atom stereocenters. The van der Waals surface area contributed by atoms with Gasteiger partial charge in [-0.2, -0.15) is 13.2 Å². The fourth-order valence-corrected chi connectivity index (χ4v) is 1.60. The molecule has 2 rings (SSSR count). The number of benzene rings is 1. The van der Waals surface area contributed by atoms with Crippen LogP contribution in [0.5, 0.6) is 0 Å². The quantitative estimate of drug-likeness (QED) is 0.916. The lowest BCUT2D eigenvalue weighted by molar-refractivity contribution is -0.157. The van der Waals surface area contributed by atoms with Gasteiger partial charge < -0.3 is 9.52 Å². The Labute approximate surface area is 109 Å². The van der Waals surface area contributed by atoms with Crippen molar-refractivity contribution < 1.29 is 27.5 Å². The second-order valence-corrected chi connectivity index (χ2v) is 3.86. The molecule has 0 aliphatic carbocycles. The minimum absolute atomic E-state index is 0.000544. The highest BCUT2D eigenvalue weighted by Crippen LogP contribution is 2.35. The van der Waals surface area contributed by atoms with Gasteiger partial charge in [0.1, 0.15) is 5.69 Å². The van der Waals surface area contributed by atoms with E-state index in [1.54, 1.807) is 0 Å². The van der Waals surface area contributed by atoms with Crippen LogP contribution in [0.1, 0.15) is 16.2 Å². The number of aromatic carboxylic acids is 1. The molecular weight excluding hydrogens is 287 g/mol. The Morgan fingerprint density at radius 2 is 1.84 bits per heavy atom. The Balaban J connectivity index is 2.42. The fraction of sp³-hybridized carbons (Fsp3) is 0.0909. The number of nitrogens with zero attached hydrogens (tertiary/aromatic N) is 1. The first-order chi connectivity index (χ1) is 8.79. The molecule has 0 unspecified atom stereocenters. The van der Waals surface area contributed by atoms with E-state index < -0.39 is 23.3 Å². The minimum atomic E-state index is -4.73. The Kier molecular flexibility index (Phi) is 3.23. The lowest BCUT2D eigenvalue weighted by Crippen LogP contribution is -2.04. The number of oxazole rings is 1. The molecule has 8 heteroatoms. The molecule has 19 heavy (non-hydrogen) atoms. The number of carbonyl (C=O) groups is 1. The third-order valence-corrected chi connectivity index (χ3v) is 2.49. The van der Waals surface area contributed by atoms with Crippen LogP contribution >= 0.6 is 11.6 Å². The topological polar surface area (TPSA) is 63.3 Å². The first-order valence-corrected chi connectivity index (χ1v) is 5.24. The van der Waals surface area contributed by atoms with Crippen LogP contribution < -0.4 is 0 Å². The van der Waals surface area contributed by atoms with Gasteiger partial charge in [-0.1, -0.05) is 12.1 Å². The van der Waals surface area contributed by atoms with E-state index in [1.807, 2.05) is 0 Å². The fourth-order valence-electron chi connectivity index (χ4n) is 1.37. The van der Waals surface area contributed by atoms with E-state index in [-0.39, 0.29) is 16.8 Å². The summed E-state index contributed by atoms with van der Waals surface area (Å²) in [4.78, 5) is 13.9. The normalized spacial score (nSPS) is 11.6. The van der Waals surface area contributed by atoms with Crippen LogP contribution in [0.4, 0.5) is 13.2 Å². The summed E-state index contributed by atoms with van der Waals surface area (Å²) >= 11 is 5.54. The van der Waals surface area contributed by atoms with Gasteiger partial charge in [-0.3, -0.25) is 0 Å². The molecule has 2 aromatic rings. The number of rotatable bonds is 2. The van der Waals surface area contributed by atoms with Crippen molar-refractivity contribution in [2.75, 3.05) is 0 Å². The maximum absolute atomic E-state index is 12.4. The zero-order valence-electron chi connectivity index (χ0n) is 9.03. The lowest BCUT2D eigenvalue weighted by Gasteiger charge is -1.98. The van der Waals surface area contributed by atoms with Crippen molar-refractivity contribution in [3.63, 3.8) is 0 Å². The van der Waals surface area contributed by atoms with Crippen molar-refractivity contribution in [3.05, 3.63) is 40.9 Å². The van der Waals surface area contributed by atoms with Crippen LogP contribution in [0, 0.1) is 0 Å². The molecule has 0 fully saturated rings. The first kappa shape index (κ1) is 13.4. The largest absolute Gasteiger partial charge is 0.478 e. The van der Waals surface area contributed by atoms with Crippen molar-refractivity contribution in [2.24, 2.45) is 0 Å². The average molecular weight is 292 g/mol. The predicted molar refractivity (Wildman–Crippen MR) is 58.9 cm³/mol. The van der Waals surface area contributed by atoms with Crippen molar-refractivity contribution in [1.82, 2.24) is 4.98 Å². The minimum Gasteiger partial charge on any atom is -0.478 e. The second-order valence-electron chi connectivity index (χ2n) is 3.52. The summed E-state index contributed by atoms with van der Waals surface area (Å²) in [5, 5.41) is 8.20. The van der Waals surface area contributed by atoms with Gasteiger partial charge in [0, 0.05) is 5.56 Å². The van der Waals surface area contributed by atoms with E-state index in [9.17, 15) is 18.0 Å². The SMILES string of the molecule is O=C(O)c1ccc(-c2nc(C(F)(F)F)oc2Cl)cc1. The molecule has 0 amide bonds. The molecule has 1 aromatic heterocycles. The standard InChI is InChI=1S/C11H5ClF3NO3/c12-8-7(16-10(19-8)11(13,14)15)5-1-3-6(4-2-5)9(17)18/h1-4H,(H,17,18). The molecule has 0 aliphatic rings. The Hall–Kier alpha value is -2.02. The lowest BCUT2D eigenvalue weighted by atomic mass is 10.1. The van der Waals surface area contributed by atoms with E-state index in [4.69, 9.17) is 16.7 Å². The molecule has 0 saturated carbocycles. The average Bonchev–Trinajstić information content (AvgIpc) is 2.71. The van der Waals surface area contributed by atoms with Crippen molar-refractivity contribution >= 4 is 17.6 Å². The Morgan fingerprint density at radius 3 is 2.26 bits per heavy atom. The molecule has 0 saturated heterocycles. The summed E-state index contributed by atoms with van der Waals surface area (Å²) in [6.07, 6.45) is -4.73. The number of halogens is 4. The third kappa shape index (κ3) is 2.70. The van der Waals surface area contributed by atoms with Gasteiger partial charge >= 0.3 is 18.0 Å². The first-order valence-electron chi connectivity index (χ1n) is 4.86. The van der Waals surface area contributed by atoms with E-state index in [0.717, 1.165) is 0 Å². The summed E-state index contributed by atoms with van der Waals surface area (Å²) in [6, 6.07) is 5.06. The van der Waals surface area contributed by atoms with Gasteiger partial charge in [-0.05, 0) is 23.7 Å². The van der Waals surface area contributed by atoms with Crippen LogP contribution in [0.25, 0.3) is 11.3 Å². The second kappa shape index (κ2) is 4.58. The van der Waals surface area contributed by atoms with E-state index >= 15 is 0 Å². The highest BCUT2D eigenvalue weighted by molar-refractivity contribution is 6.31. The van der Waals surface area contributed by atoms with Gasteiger partial charge in [-0.15, -0.1) is 0 Å². The van der Waals surface area contributed by atoms with E-state index in [2.05, 4.69) is 9.40 Å². The molecule has 1 aromatic carbocycles. The highest BCUT2D eigenvalue weighted by atomic mass is 35.5. The molecule has 0 aliphatic heterocycles. The van der Waals surface area contributed by atoms with Crippen LogP contribution in [-0.4, -0.2) is 16.1 Å². The molecule has 1 N–H and O–H groups in total. The number of carboxylic acid groups (broad SMARTS) is 1. The highest BCUT2D eigenvalue weighted by Gasteiger charge is 2.38. The summed E-state index contributed by atoms with van der Waals surface area (Å²) in [5.74, 6) is -2.59. The Morgan fingerprint density at radius 1 is 1.26 bits per heavy atom. The summed E-state index contributed by atoms with van der Waals surface area (Å²) < 4.78 is 41.4. The number of carboxylic acids is 1. The summed E-state index contributed by atoms with van der Waals surface area (Å²) in [7, 11) is 0. The van der Waals surface area contributed by atoms with Crippen LogP contribution in [-0.2, 0) is 6.18 Å². The summed E-state index contributed by atoms with van der Waals surface area (Å²) in [5.41, 5.74) is 0.0413. The zero-order chi connectivity index (χ0) is 14.2. The number of hydrogen-bond donors (Lipinski definition) is 1.